The molecule has 164 valence electrons. The van der Waals surface area contributed by atoms with E-state index in [0.717, 1.165) is 37.7 Å². The number of aryl methyl sites for hydroxylation is 1. The minimum absolute atomic E-state index is 0.127. The van der Waals surface area contributed by atoms with Gasteiger partial charge in [0.1, 0.15) is 5.54 Å². The molecule has 31 heavy (non-hydrogen) atoms. The van der Waals surface area contributed by atoms with Crippen molar-refractivity contribution in [2.45, 2.75) is 69.5 Å². The molecule has 4 atom stereocenters. The van der Waals surface area contributed by atoms with Crippen molar-refractivity contribution in [1.82, 2.24) is 10.2 Å². The molecule has 1 aliphatic carbocycles. The molecular weight excluding hydrogens is 398 g/mol. The fraction of sp³-hybridized carbons (Fsp3) is 0.565. The number of imide groups is 1. The van der Waals surface area contributed by atoms with Gasteiger partial charge in [-0.05, 0) is 31.7 Å². The van der Waals surface area contributed by atoms with E-state index >= 15 is 0 Å². The molecule has 5 rings (SSSR count). The number of rotatable bonds is 4. The Bertz CT molecular complexity index is 985. The summed E-state index contributed by atoms with van der Waals surface area (Å²) in [5, 5.41) is 15.4. The van der Waals surface area contributed by atoms with E-state index in [0.29, 0.717) is 11.3 Å². The summed E-state index contributed by atoms with van der Waals surface area (Å²) in [7, 11) is 0. The number of carbonyl (C=O) groups is 4. The van der Waals surface area contributed by atoms with Gasteiger partial charge in [-0.25, -0.2) is 0 Å². The lowest BCUT2D eigenvalue weighted by atomic mass is 9.76. The Morgan fingerprint density at radius 1 is 1.16 bits per heavy atom. The molecule has 8 nitrogen and oxygen atoms in total. The van der Waals surface area contributed by atoms with Crippen LogP contribution in [0.3, 0.4) is 0 Å². The SMILES string of the molecule is Cc1cccc2c1NC(=O)C21NC(CCC(=O)O)C2C(=O)N(C3CCCCC3)C(=O)C21. The highest BCUT2D eigenvalue weighted by Gasteiger charge is 2.70. The van der Waals surface area contributed by atoms with Gasteiger partial charge in [0.05, 0.1) is 11.8 Å². The van der Waals surface area contributed by atoms with Crippen LogP contribution in [0.5, 0.6) is 0 Å². The summed E-state index contributed by atoms with van der Waals surface area (Å²) < 4.78 is 0. The van der Waals surface area contributed by atoms with Gasteiger partial charge in [0.2, 0.25) is 17.7 Å². The first kappa shape index (κ1) is 20.2. The quantitative estimate of drug-likeness (QED) is 0.635. The van der Waals surface area contributed by atoms with Crippen LogP contribution >= 0.6 is 0 Å². The fourth-order valence-electron chi connectivity index (χ4n) is 6.22. The van der Waals surface area contributed by atoms with E-state index in [4.69, 9.17) is 0 Å². The highest BCUT2D eigenvalue weighted by atomic mass is 16.4. The van der Waals surface area contributed by atoms with E-state index in [1.165, 1.54) is 4.90 Å². The smallest absolute Gasteiger partial charge is 0.303 e. The third kappa shape index (κ3) is 2.77. The summed E-state index contributed by atoms with van der Waals surface area (Å²) in [5.41, 5.74) is 0.896. The van der Waals surface area contributed by atoms with Crippen molar-refractivity contribution < 1.29 is 24.3 Å². The summed E-state index contributed by atoms with van der Waals surface area (Å²) >= 11 is 0. The normalized spacial score (nSPS) is 32.5. The van der Waals surface area contributed by atoms with Gasteiger partial charge in [-0.3, -0.25) is 29.4 Å². The highest BCUT2D eigenvalue weighted by Crippen LogP contribution is 2.54. The summed E-state index contributed by atoms with van der Waals surface area (Å²) in [5.74, 6) is -3.44. The van der Waals surface area contributed by atoms with Crippen molar-refractivity contribution in [2.75, 3.05) is 5.32 Å². The lowest BCUT2D eigenvalue weighted by Crippen LogP contribution is -2.54. The molecule has 3 heterocycles. The van der Waals surface area contributed by atoms with E-state index in [-0.39, 0.29) is 36.6 Å². The molecule has 4 unspecified atom stereocenters. The van der Waals surface area contributed by atoms with E-state index in [9.17, 15) is 24.3 Å². The molecule has 2 saturated heterocycles. The van der Waals surface area contributed by atoms with E-state index in [1.807, 2.05) is 25.1 Å². The van der Waals surface area contributed by atoms with Gasteiger partial charge in [-0.15, -0.1) is 0 Å². The van der Waals surface area contributed by atoms with E-state index in [2.05, 4.69) is 10.6 Å². The minimum atomic E-state index is -1.34. The number of fused-ring (bicyclic) bond motifs is 4. The number of nitrogens with one attached hydrogen (secondary N) is 2. The molecule has 3 fully saturated rings. The van der Waals surface area contributed by atoms with Crippen LogP contribution in [0, 0.1) is 18.8 Å². The number of para-hydroxylation sites is 1. The second kappa shape index (κ2) is 7.15. The summed E-state index contributed by atoms with van der Waals surface area (Å²) in [4.78, 5) is 53.4. The summed E-state index contributed by atoms with van der Waals surface area (Å²) in [6, 6.07) is 4.88. The Labute approximate surface area is 180 Å². The molecule has 0 bridgehead atoms. The van der Waals surface area contributed by atoms with Crippen molar-refractivity contribution in [3.05, 3.63) is 29.3 Å². The lowest BCUT2D eigenvalue weighted by Gasteiger charge is -2.34. The Morgan fingerprint density at radius 3 is 2.61 bits per heavy atom. The number of nitrogens with zero attached hydrogens (tertiary/aromatic N) is 1. The van der Waals surface area contributed by atoms with Crippen LogP contribution in [-0.2, 0) is 24.7 Å². The number of carbonyl (C=O) groups excluding carboxylic acids is 3. The first-order valence-corrected chi connectivity index (χ1v) is 11.1. The van der Waals surface area contributed by atoms with Gasteiger partial charge in [0, 0.05) is 29.8 Å². The second-order valence-corrected chi connectivity index (χ2v) is 9.28. The lowest BCUT2D eigenvalue weighted by molar-refractivity contribution is -0.146. The van der Waals surface area contributed by atoms with Crippen LogP contribution in [-0.4, -0.2) is 45.8 Å². The molecule has 0 radical (unpaired) electrons. The summed E-state index contributed by atoms with van der Waals surface area (Å²) in [6.45, 7) is 1.89. The zero-order chi connectivity index (χ0) is 21.9. The van der Waals surface area contributed by atoms with Crippen molar-refractivity contribution in [3.63, 3.8) is 0 Å². The number of carboxylic acids is 1. The largest absolute Gasteiger partial charge is 0.481 e. The van der Waals surface area contributed by atoms with Gasteiger partial charge < -0.3 is 10.4 Å². The Hall–Kier alpha value is -2.74. The molecule has 1 spiro atoms. The van der Waals surface area contributed by atoms with Gasteiger partial charge in [0.25, 0.3) is 0 Å². The predicted molar refractivity (Wildman–Crippen MR) is 111 cm³/mol. The van der Waals surface area contributed by atoms with Gasteiger partial charge in [0.15, 0.2) is 0 Å². The number of hydrogen-bond donors (Lipinski definition) is 3. The molecule has 4 aliphatic rings. The first-order chi connectivity index (χ1) is 14.9. The zero-order valence-corrected chi connectivity index (χ0v) is 17.5. The zero-order valence-electron chi connectivity index (χ0n) is 17.5. The van der Waals surface area contributed by atoms with Gasteiger partial charge in [-0.1, -0.05) is 37.5 Å². The third-order valence-electron chi connectivity index (χ3n) is 7.60. The van der Waals surface area contributed by atoms with Crippen LogP contribution in [0.1, 0.15) is 56.1 Å². The summed E-state index contributed by atoms with van der Waals surface area (Å²) in [6.07, 6.45) is 4.69. The standard InChI is InChI=1S/C23H27N3O5/c1-12-6-5-9-14-19(12)24-22(31)23(14)18-17(15(25-23)10-11-16(27)28)20(29)26(21(18)30)13-7-3-2-4-8-13/h5-6,9,13,15,17-18,25H,2-4,7-8,10-11H2,1H3,(H,24,31)(H,27,28). The first-order valence-electron chi connectivity index (χ1n) is 11.1. The average molecular weight is 425 g/mol. The highest BCUT2D eigenvalue weighted by molar-refractivity contribution is 6.15. The van der Waals surface area contributed by atoms with Gasteiger partial charge in [-0.2, -0.15) is 0 Å². The van der Waals surface area contributed by atoms with Crippen LogP contribution < -0.4 is 10.6 Å². The number of amides is 3. The number of hydrogen-bond acceptors (Lipinski definition) is 5. The Kier molecular flexibility index (Phi) is 4.66. The maximum absolute atomic E-state index is 13.8. The van der Waals surface area contributed by atoms with Crippen LogP contribution in [0.15, 0.2) is 18.2 Å². The third-order valence-corrected chi connectivity index (χ3v) is 7.60. The topological polar surface area (TPSA) is 116 Å². The van der Waals surface area contributed by atoms with Crippen molar-refractivity contribution in [1.29, 1.82) is 0 Å². The van der Waals surface area contributed by atoms with Crippen LogP contribution in [0.2, 0.25) is 0 Å². The Balaban J connectivity index is 1.61. The molecule has 3 aliphatic heterocycles. The molecular formula is C23H27N3O5. The average Bonchev–Trinajstić information content (AvgIpc) is 3.33. The number of anilines is 1. The number of benzene rings is 1. The number of aliphatic carboxylic acids is 1. The molecule has 1 aromatic carbocycles. The monoisotopic (exact) mass is 425 g/mol. The molecule has 8 heteroatoms. The molecule has 1 aromatic rings. The number of carboxylic acid groups (broad SMARTS) is 1. The van der Waals surface area contributed by atoms with Crippen molar-refractivity contribution >= 4 is 29.4 Å². The van der Waals surface area contributed by atoms with Crippen molar-refractivity contribution in [3.8, 4) is 0 Å². The molecule has 0 aromatic heterocycles. The van der Waals surface area contributed by atoms with Crippen molar-refractivity contribution in [2.24, 2.45) is 11.8 Å². The number of likely N-dealkylation sites (tertiary alicyclic amines) is 1. The predicted octanol–water partition coefficient (Wildman–Crippen LogP) is 1.91. The van der Waals surface area contributed by atoms with E-state index in [1.54, 1.807) is 0 Å². The molecule has 3 amide bonds. The second-order valence-electron chi connectivity index (χ2n) is 9.28. The van der Waals surface area contributed by atoms with E-state index < -0.39 is 29.4 Å². The van der Waals surface area contributed by atoms with Crippen LogP contribution in [0.4, 0.5) is 5.69 Å². The van der Waals surface area contributed by atoms with Crippen LogP contribution in [0.25, 0.3) is 0 Å². The fourth-order valence-corrected chi connectivity index (χ4v) is 6.22. The Morgan fingerprint density at radius 2 is 1.90 bits per heavy atom. The van der Waals surface area contributed by atoms with Gasteiger partial charge >= 0.3 is 5.97 Å². The maximum atomic E-state index is 13.8. The maximum Gasteiger partial charge on any atom is 0.303 e. The minimum Gasteiger partial charge on any atom is -0.481 e. The molecule has 3 N–H and O–H groups in total. The molecule has 1 saturated carbocycles.